The summed E-state index contributed by atoms with van der Waals surface area (Å²) in [4.78, 5) is 26.9. The van der Waals surface area contributed by atoms with Gasteiger partial charge in [-0.1, -0.05) is 0 Å². The molecule has 3 heterocycles. The quantitative estimate of drug-likeness (QED) is 0.826. The first-order valence-corrected chi connectivity index (χ1v) is 8.81. The van der Waals surface area contributed by atoms with Crippen molar-refractivity contribution in [2.75, 3.05) is 31.6 Å². The van der Waals surface area contributed by atoms with Gasteiger partial charge in [-0.05, 0) is 19.9 Å². The van der Waals surface area contributed by atoms with Crippen molar-refractivity contribution in [1.82, 2.24) is 24.5 Å². The SMILES string of the molecule is CCn1ncc(NC(=O)CCn2ccc(C)n2)c1C(=O)N1CCOCC1. The molecule has 0 radical (unpaired) electrons. The van der Waals surface area contributed by atoms with Crippen LogP contribution in [0.4, 0.5) is 5.69 Å². The molecule has 1 aliphatic rings. The summed E-state index contributed by atoms with van der Waals surface area (Å²) in [5, 5.41) is 11.3. The number of nitrogens with zero attached hydrogens (tertiary/aromatic N) is 5. The number of rotatable bonds is 6. The molecule has 3 rings (SSSR count). The molecule has 0 spiro atoms. The lowest BCUT2D eigenvalue weighted by Crippen LogP contribution is -2.41. The monoisotopic (exact) mass is 360 g/mol. The van der Waals surface area contributed by atoms with E-state index >= 15 is 0 Å². The summed E-state index contributed by atoms with van der Waals surface area (Å²) in [7, 11) is 0. The number of amides is 2. The predicted molar refractivity (Wildman–Crippen MR) is 94.8 cm³/mol. The number of aryl methyl sites for hydroxylation is 3. The first-order valence-electron chi connectivity index (χ1n) is 8.81. The minimum atomic E-state index is -0.176. The van der Waals surface area contributed by atoms with Crippen molar-refractivity contribution in [1.29, 1.82) is 0 Å². The molecule has 0 aromatic carbocycles. The molecule has 1 N–H and O–H groups in total. The molecule has 2 amide bonds. The van der Waals surface area contributed by atoms with Gasteiger partial charge < -0.3 is 15.0 Å². The zero-order valence-corrected chi connectivity index (χ0v) is 15.1. The van der Waals surface area contributed by atoms with Crippen LogP contribution in [-0.2, 0) is 22.6 Å². The van der Waals surface area contributed by atoms with Crippen LogP contribution in [0.25, 0.3) is 0 Å². The van der Waals surface area contributed by atoms with E-state index in [0.29, 0.717) is 50.8 Å². The fourth-order valence-electron chi connectivity index (χ4n) is 2.87. The van der Waals surface area contributed by atoms with E-state index < -0.39 is 0 Å². The van der Waals surface area contributed by atoms with Gasteiger partial charge in [0.1, 0.15) is 5.69 Å². The molecule has 1 aliphatic heterocycles. The lowest BCUT2D eigenvalue weighted by molar-refractivity contribution is -0.116. The Bertz CT molecular complexity index is 775. The highest BCUT2D eigenvalue weighted by molar-refractivity contribution is 6.02. The van der Waals surface area contributed by atoms with Crippen LogP contribution in [-0.4, -0.2) is 62.6 Å². The van der Waals surface area contributed by atoms with Crippen LogP contribution >= 0.6 is 0 Å². The summed E-state index contributed by atoms with van der Waals surface area (Å²) in [6, 6.07) is 1.89. The minimum Gasteiger partial charge on any atom is -0.378 e. The first kappa shape index (κ1) is 18.1. The molecule has 26 heavy (non-hydrogen) atoms. The molecule has 1 saturated heterocycles. The molecule has 0 atom stereocenters. The van der Waals surface area contributed by atoms with Crippen LogP contribution in [0.2, 0.25) is 0 Å². The lowest BCUT2D eigenvalue weighted by atomic mass is 10.2. The summed E-state index contributed by atoms with van der Waals surface area (Å²) >= 11 is 0. The van der Waals surface area contributed by atoms with Gasteiger partial charge >= 0.3 is 0 Å². The van der Waals surface area contributed by atoms with Crippen molar-refractivity contribution in [2.24, 2.45) is 0 Å². The highest BCUT2D eigenvalue weighted by Gasteiger charge is 2.25. The number of aromatic nitrogens is 4. The highest BCUT2D eigenvalue weighted by atomic mass is 16.5. The summed E-state index contributed by atoms with van der Waals surface area (Å²) in [6.07, 6.45) is 3.64. The molecular formula is C17H24N6O3. The number of hydrogen-bond acceptors (Lipinski definition) is 5. The van der Waals surface area contributed by atoms with E-state index in [-0.39, 0.29) is 18.2 Å². The van der Waals surface area contributed by atoms with Gasteiger partial charge in [-0.3, -0.25) is 19.0 Å². The van der Waals surface area contributed by atoms with E-state index in [1.54, 1.807) is 14.3 Å². The smallest absolute Gasteiger partial charge is 0.274 e. The van der Waals surface area contributed by atoms with Gasteiger partial charge in [-0.25, -0.2) is 0 Å². The second kappa shape index (κ2) is 8.13. The Balaban J connectivity index is 1.68. The molecule has 0 unspecified atom stereocenters. The van der Waals surface area contributed by atoms with Crippen LogP contribution in [0, 0.1) is 6.92 Å². The predicted octanol–water partition coefficient (Wildman–Crippen LogP) is 0.909. The Morgan fingerprint density at radius 1 is 1.31 bits per heavy atom. The Hall–Kier alpha value is -2.68. The van der Waals surface area contributed by atoms with Crippen molar-refractivity contribution in [3.8, 4) is 0 Å². The van der Waals surface area contributed by atoms with Crippen LogP contribution in [0.1, 0.15) is 29.5 Å². The Labute approximate surface area is 151 Å². The number of carbonyl (C=O) groups excluding carboxylic acids is 2. The van der Waals surface area contributed by atoms with Gasteiger partial charge in [0, 0.05) is 38.8 Å². The average molecular weight is 360 g/mol. The maximum absolute atomic E-state index is 12.9. The van der Waals surface area contributed by atoms with E-state index in [9.17, 15) is 9.59 Å². The summed E-state index contributed by atoms with van der Waals surface area (Å²) in [5.41, 5.74) is 1.77. The van der Waals surface area contributed by atoms with Crippen LogP contribution in [0.3, 0.4) is 0 Å². The van der Waals surface area contributed by atoms with E-state index in [4.69, 9.17) is 4.74 Å². The molecule has 0 bridgehead atoms. The van der Waals surface area contributed by atoms with Crippen molar-refractivity contribution in [2.45, 2.75) is 33.4 Å². The third-order valence-corrected chi connectivity index (χ3v) is 4.26. The third-order valence-electron chi connectivity index (χ3n) is 4.26. The lowest BCUT2D eigenvalue weighted by Gasteiger charge is -2.27. The molecule has 2 aromatic rings. The van der Waals surface area contributed by atoms with Gasteiger partial charge in [0.05, 0.1) is 30.8 Å². The molecule has 9 heteroatoms. The third kappa shape index (κ3) is 4.10. The Kier molecular flexibility index (Phi) is 5.67. The summed E-state index contributed by atoms with van der Waals surface area (Å²) < 4.78 is 8.64. The van der Waals surface area contributed by atoms with Gasteiger partial charge in [0.15, 0.2) is 0 Å². The van der Waals surface area contributed by atoms with Crippen LogP contribution in [0.5, 0.6) is 0 Å². The molecule has 9 nitrogen and oxygen atoms in total. The first-order chi connectivity index (χ1) is 12.6. The van der Waals surface area contributed by atoms with E-state index in [1.807, 2.05) is 26.1 Å². The largest absolute Gasteiger partial charge is 0.378 e. The van der Waals surface area contributed by atoms with Crippen LogP contribution in [0.15, 0.2) is 18.5 Å². The number of ether oxygens (including phenoxy) is 1. The average Bonchev–Trinajstić information content (AvgIpc) is 3.26. The Morgan fingerprint density at radius 2 is 2.08 bits per heavy atom. The van der Waals surface area contributed by atoms with Crippen molar-refractivity contribution in [3.05, 3.63) is 29.8 Å². The molecule has 140 valence electrons. The molecule has 0 saturated carbocycles. The topological polar surface area (TPSA) is 94.3 Å². The maximum Gasteiger partial charge on any atom is 0.274 e. The van der Waals surface area contributed by atoms with Crippen LogP contribution < -0.4 is 5.32 Å². The molecule has 2 aromatic heterocycles. The van der Waals surface area contributed by atoms with Gasteiger partial charge in [0.2, 0.25) is 5.91 Å². The fourth-order valence-corrected chi connectivity index (χ4v) is 2.87. The minimum absolute atomic E-state index is 0.134. The van der Waals surface area contributed by atoms with E-state index in [0.717, 1.165) is 5.69 Å². The second-order valence-electron chi connectivity index (χ2n) is 6.15. The molecule has 0 aliphatic carbocycles. The normalized spacial score (nSPS) is 14.5. The van der Waals surface area contributed by atoms with Gasteiger partial charge in [-0.2, -0.15) is 10.2 Å². The van der Waals surface area contributed by atoms with Crippen molar-refractivity contribution < 1.29 is 14.3 Å². The summed E-state index contributed by atoms with van der Waals surface area (Å²) in [6.45, 7) is 6.98. The van der Waals surface area contributed by atoms with E-state index in [1.165, 1.54) is 6.20 Å². The zero-order chi connectivity index (χ0) is 18.5. The number of nitrogens with one attached hydrogen (secondary N) is 1. The number of carbonyl (C=O) groups is 2. The number of morpholine rings is 1. The highest BCUT2D eigenvalue weighted by Crippen LogP contribution is 2.19. The number of hydrogen-bond donors (Lipinski definition) is 1. The van der Waals surface area contributed by atoms with Crippen molar-refractivity contribution in [3.63, 3.8) is 0 Å². The zero-order valence-electron chi connectivity index (χ0n) is 15.1. The maximum atomic E-state index is 12.9. The molecular weight excluding hydrogens is 336 g/mol. The Morgan fingerprint density at radius 3 is 2.73 bits per heavy atom. The fraction of sp³-hybridized carbons (Fsp3) is 0.529. The van der Waals surface area contributed by atoms with Gasteiger partial charge in [0.25, 0.3) is 5.91 Å². The van der Waals surface area contributed by atoms with E-state index in [2.05, 4.69) is 15.5 Å². The van der Waals surface area contributed by atoms with Crippen molar-refractivity contribution >= 4 is 17.5 Å². The number of anilines is 1. The van der Waals surface area contributed by atoms with Gasteiger partial charge in [-0.15, -0.1) is 0 Å². The molecule has 1 fully saturated rings. The second-order valence-corrected chi connectivity index (χ2v) is 6.15. The summed E-state index contributed by atoms with van der Waals surface area (Å²) in [5.74, 6) is -0.310. The standard InChI is InChI=1S/C17H24N6O3/c1-3-23-16(17(25)21-8-10-26-11-9-21)14(12-18-23)19-15(24)5-7-22-6-4-13(2)20-22/h4,6,12H,3,5,7-11H2,1-2H3,(H,19,24).